The molecule has 0 radical (unpaired) electrons. The van der Waals surface area contributed by atoms with E-state index in [0.29, 0.717) is 0 Å². The van der Waals surface area contributed by atoms with Gasteiger partial charge in [-0.1, -0.05) is 17.7 Å². The molecule has 0 aliphatic rings. The average molecular weight is 316 g/mol. The predicted octanol–water partition coefficient (Wildman–Crippen LogP) is 5.83. The maximum absolute atomic E-state index is 13.0. The zero-order valence-corrected chi connectivity index (χ0v) is 15.1. The number of benzene rings is 1. The maximum atomic E-state index is 13.0. The lowest BCUT2D eigenvalue weighted by molar-refractivity contribution is 0.0592. The summed E-state index contributed by atoms with van der Waals surface area (Å²) in [6, 6.07) is 7.84. The molecule has 114 valence electrons. The summed E-state index contributed by atoms with van der Waals surface area (Å²) in [4.78, 5) is 0.882. The van der Waals surface area contributed by atoms with Gasteiger partial charge in [-0.25, -0.2) is 4.57 Å². The highest BCUT2D eigenvalue weighted by molar-refractivity contribution is 8.55. The Balaban J connectivity index is 2.98. The molecule has 0 bridgehead atoms. The summed E-state index contributed by atoms with van der Waals surface area (Å²) >= 11 is 1.16. The molecule has 0 N–H and O–H groups in total. The van der Waals surface area contributed by atoms with Gasteiger partial charge in [-0.2, -0.15) is 0 Å². The van der Waals surface area contributed by atoms with Gasteiger partial charge in [0.05, 0.1) is 11.2 Å². The van der Waals surface area contributed by atoms with Crippen LogP contribution in [0.25, 0.3) is 0 Å². The van der Waals surface area contributed by atoms with E-state index in [1.807, 2.05) is 72.7 Å². The minimum atomic E-state index is -3.28. The van der Waals surface area contributed by atoms with Gasteiger partial charge in [-0.15, -0.1) is 0 Å². The zero-order valence-electron chi connectivity index (χ0n) is 13.4. The summed E-state index contributed by atoms with van der Waals surface area (Å²) in [6.45, 7) is 9.99. The molecule has 0 amide bonds. The highest BCUT2D eigenvalue weighted by atomic mass is 32.7. The molecule has 0 aliphatic carbocycles. The van der Waals surface area contributed by atoms with Crippen molar-refractivity contribution in [2.75, 3.05) is 0 Å². The SMILES string of the molecule is Cc1ccc(SP(=O)(OC(C)(C)C)OC(C)(C)C)cc1. The normalized spacial score (nSPS) is 13.6. The van der Waals surface area contributed by atoms with Crippen molar-refractivity contribution in [2.45, 2.75) is 64.6 Å². The van der Waals surface area contributed by atoms with Gasteiger partial charge in [0.1, 0.15) is 0 Å². The van der Waals surface area contributed by atoms with Crippen molar-refractivity contribution in [3.63, 3.8) is 0 Å². The Morgan fingerprint density at radius 3 is 1.65 bits per heavy atom. The van der Waals surface area contributed by atoms with Crippen molar-refractivity contribution in [1.82, 2.24) is 0 Å². The van der Waals surface area contributed by atoms with Crippen molar-refractivity contribution < 1.29 is 13.6 Å². The first-order chi connectivity index (χ1) is 8.89. The third-order valence-electron chi connectivity index (χ3n) is 2.01. The van der Waals surface area contributed by atoms with Crippen LogP contribution in [0.2, 0.25) is 0 Å². The van der Waals surface area contributed by atoms with Gasteiger partial charge in [0.2, 0.25) is 0 Å². The highest BCUT2D eigenvalue weighted by Gasteiger charge is 2.36. The van der Waals surface area contributed by atoms with Gasteiger partial charge < -0.3 is 0 Å². The maximum Gasteiger partial charge on any atom is 0.394 e. The van der Waals surface area contributed by atoms with Gasteiger partial charge in [0.25, 0.3) is 0 Å². The Labute approximate surface area is 126 Å². The van der Waals surface area contributed by atoms with Gasteiger partial charge in [0, 0.05) is 4.90 Å². The fourth-order valence-corrected chi connectivity index (χ4v) is 6.13. The van der Waals surface area contributed by atoms with Crippen LogP contribution in [-0.2, 0) is 13.6 Å². The quantitative estimate of drug-likeness (QED) is 0.655. The first kappa shape index (κ1) is 17.8. The van der Waals surface area contributed by atoms with Crippen LogP contribution < -0.4 is 0 Å². The second kappa shape index (κ2) is 6.23. The van der Waals surface area contributed by atoms with Gasteiger partial charge in [0.15, 0.2) is 0 Å². The van der Waals surface area contributed by atoms with Crippen molar-refractivity contribution in [3.8, 4) is 0 Å². The molecule has 0 atom stereocenters. The summed E-state index contributed by atoms with van der Waals surface area (Å²) in [7, 11) is 0. The standard InChI is InChI=1S/C15H25O3PS/c1-12-8-10-13(11-9-12)20-19(16,17-14(2,3)4)18-15(5,6)7/h8-11H,1-7H3. The number of hydrogen-bond donors (Lipinski definition) is 0. The van der Waals surface area contributed by atoms with E-state index in [-0.39, 0.29) is 0 Å². The van der Waals surface area contributed by atoms with Crippen LogP contribution in [0.4, 0.5) is 0 Å². The third kappa shape index (κ3) is 6.94. The molecule has 3 nitrogen and oxygen atoms in total. The Morgan fingerprint density at radius 2 is 1.30 bits per heavy atom. The Kier molecular flexibility index (Phi) is 5.53. The van der Waals surface area contributed by atoms with E-state index in [1.54, 1.807) is 0 Å². The lowest BCUT2D eigenvalue weighted by atomic mass is 10.2. The average Bonchev–Trinajstić information content (AvgIpc) is 2.15. The Bertz CT molecular complexity index is 463. The minimum Gasteiger partial charge on any atom is -0.295 e. The van der Waals surface area contributed by atoms with E-state index < -0.39 is 18.0 Å². The molecule has 0 unspecified atom stereocenters. The molecule has 1 rings (SSSR count). The summed E-state index contributed by atoms with van der Waals surface area (Å²) < 4.78 is 24.5. The molecule has 0 spiro atoms. The molecule has 0 aliphatic heterocycles. The Hall–Kier alpha value is -0.280. The smallest absolute Gasteiger partial charge is 0.295 e. The Morgan fingerprint density at radius 1 is 0.900 bits per heavy atom. The second-order valence-corrected chi connectivity index (χ2v) is 10.6. The summed E-state index contributed by atoms with van der Waals surface area (Å²) in [5, 5.41) is 0. The lowest BCUT2D eigenvalue weighted by Crippen LogP contribution is -2.22. The molecule has 0 heterocycles. The number of hydrogen-bond acceptors (Lipinski definition) is 4. The third-order valence-corrected chi connectivity index (χ3v) is 6.01. The fraction of sp³-hybridized carbons (Fsp3) is 0.600. The zero-order chi connectivity index (χ0) is 15.6. The highest BCUT2D eigenvalue weighted by Crippen LogP contribution is 2.67. The van der Waals surface area contributed by atoms with Crippen LogP contribution in [0.15, 0.2) is 29.2 Å². The van der Waals surface area contributed by atoms with E-state index in [4.69, 9.17) is 9.05 Å². The number of rotatable bonds is 4. The van der Waals surface area contributed by atoms with Crippen LogP contribution >= 0.6 is 18.2 Å². The molecular weight excluding hydrogens is 291 g/mol. The van der Waals surface area contributed by atoms with Crippen LogP contribution in [0.5, 0.6) is 0 Å². The molecule has 0 fully saturated rings. The second-order valence-electron chi connectivity index (χ2n) is 6.76. The molecule has 5 heteroatoms. The van der Waals surface area contributed by atoms with Gasteiger partial charge >= 0.3 is 6.80 Å². The van der Waals surface area contributed by atoms with E-state index in [2.05, 4.69) is 0 Å². The van der Waals surface area contributed by atoms with Crippen molar-refractivity contribution in [3.05, 3.63) is 29.8 Å². The van der Waals surface area contributed by atoms with E-state index >= 15 is 0 Å². The molecule has 0 saturated heterocycles. The van der Waals surface area contributed by atoms with E-state index in [9.17, 15) is 4.57 Å². The van der Waals surface area contributed by atoms with Crippen LogP contribution in [0, 0.1) is 6.92 Å². The molecular formula is C15H25O3PS. The largest absolute Gasteiger partial charge is 0.394 e. The topological polar surface area (TPSA) is 35.5 Å². The van der Waals surface area contributed by atoms with Crippen molar-refractivity contribution in [2.24, 2.45) is 0 Å². The fourth-order valence-electron chi connectivity index (χ4n) is 1.45. The molecule has 20 heavy (non-hydrogen) atoms. The van der Waals surface area contributed by atoms with Gasteiger partial charge in [-0.3, -0.25) is 9.05 Å². The number of aryl methyl sites for hydroxylation is 1. The first-order valence-electron chi connectivity index (χ1n) is 6.66. The molecule has 1 aromatic carbocycles. The van der Waals surface area contributed by atoms with Gasteiger partial charge in [-0.05, 0) is 72.0 Å². The summed E-state index contributed by atoms with van der Waals surface area (Å²) in [5.41, 5.74) is 0.106. The first-order valence-corrected chi connectivity index (χ1v) is 9.63. The summed E-state index contributed by atoms with van der Waals surface area (Å²) in [5.74, 6) is 0. The van der Waals surface area contributed by atoms with E-state index in [1.165, 1.54) is 0 Å². The van der Waals surface area contributed by atoms with Crippen LogP contribution in [-0.4, -0.2) is 11.2 Å². The summed E-state index contributed by atoms with van der Waals surface area (Å²) in [6.07, 6.45) is 0. The monoisotopic (exact) mass is 316 g/mol. The lowest BCUT2D eigenvalue weighted by Gasteiger charge is -2.31. The molecule has 1 aromatic rings. The van der Waals surface area contributed by atoms with Crippen LogP contribution in [0.3, 0.4) is 0 Å². The predicted molar refractivity (Wildman–Crippen MR) is 86.3 cm³/mol. The minimum absolute atomic E-state index is 0.529. The molecule has 0 saturated carbocycles. The van der Waals surface area contributed by atoms with Crippen molar-refractivity contribution >= 4 is 18.2 Å². The van der Waals surface area contributed by atoms with Crippen molar-refractivity contribution in [1.29, 1.82) is 0 Å². The van der Waals surface area contributed by atoms with Crippen LogP contribution in [0.1, 0.15) is 47.1 Å². The van der Waals surface area contributed by atoms with E-state index in [0.717, 1.165) is 21.8 Å². The molecule has 0 aromatic heterocycles.